The van der Waals surface area contributed by atoms with E-state index in [1.165, 1.54) is 18.5 Å². The largest absolute Gasteiger partial charge is 0.392 e. The molecule has 1 aromatic rings. The van der Waals surface area contributed by atoms with Crippen molar-refractivity contribution in [3.63, 3.8) is 0 Å². The molecule has 0 aliphatic carbocycles. The van der Waals surface area contributed by atoms with Crippen molar-refractivity contribution in [3.05, 3.63) is 28.2 Å². The van der Waals surface area contributed by atoms with Gasteiger partial charge >= 0.3 is 0 Å². The summed E-state index contributed by atoms with van der Waals surface area (Å²) in [5.41, 5.74) is 2.16. The molecule has 0 aromatic heterocycles. The number of aliphatic hydroxyl groups is 1. The Bertz CT molecular complexity index is 328. The maximum atomic E-state index is 9.06. The molecule has 0 saturated heterocycles. The molecule has 0 aliphatic heterocycles. The molecule has 0 atom stereocenters. The quantitative estimate of drug-likeness (QED) is 0.864. The van der Waals surface area contributed by atoms with E-state index >= 15 is 0 Å². The van der Waals surface area contributed by atoms with Crippen LogP contribution in [0.1, 0.15) is 32.3 Å². The van der Waals surface area contributed by atoms with Crippen molar-refractivity contribution >= 4 is 21.6 Å². The number of rotatable bonds is 6. The third kappa shape index (κ3) is 3.49. The molecule has 0 heterocycles. The van der Waals surface area contributed by atoms with E-state index in [0.717, 1.165) is 23.1 Å². The number of hydrogen-bond donors (Lipinski definition) is 1. The van der Waals surface area contributed by atoms with Crippen LogP contribution in [0.5, 0.6) is 0 Å². The maximum absolute atomic E-state index is 9.06. The van der Waals surface area contributed by atoms with Gasteiger partial charge in [-0.3, -0.25) is 0 Å². The predicted molar refractivity (Wildman–Crippen MR) is 72.9 cm³/mol. The average Bonchev–Trinajstić information content (AvgIpc) is 2.31. The first-order valence-corrected chi connectivity index (χ1v) is 6.66. The van der Waals surface area contributed by atoms with Gasteiger partial charge in [0.25, 0.3) is 0 Å². The van der Waals surface area contributed by atoms with E-state index in [4.69, 9.17) is 5.11 Å². The number of unbranched alkanes of at least 4 members (excludes halogenated alkanes) is 1. The van der Waals surface area contributed by atoms with Crippen LogP contribution in [0.25, 0.3) is 0 Å². The van der Waals surface area contributed by atoms with Gasteiger partial charge in [-0.25, -0.2) is 0 Å². The summed E-state index contributed by atoms with van der Waals surface area (Å²) in [7, 11) is 0. The van der Waals surface area contributed by atoms with E-state index in [1.807, 2.05) is 12.1 Å². The van der Waals surface area contributed by atoms with Crippen molar-refractivity contribution in [2.45, 2.75) is 33.3 Å². The molecule has 0 saturated carbocycles. The van der Waals surface area contributed by atoms with E-state index in [-0.39, 0.29) is 6.61 Å². The predicted octanol–water partition coefficient (Wildman–Crippen LogP) is 3.57. The number of halogens is 1. The molecule has 0 spiro atoms. The molecule has 16 heavy (non-hydrogen) atoms. The molecule has 1 N–H and O–H groups in total. The molecule has 0 fully saturated rings. The van der Waals surface area contributed by atoms with Gasteiger partial charge in [0.2, 0.25) is 0 Å². The third-order valence-corrected chi connectivity index (χ3v) is 3.33. The van der Waals surface area contributed by atoms with Crippen molar-refractivity contribution in [2.75, 3.05) is 18.0 Å². The molecule has 90 valence electrons. The zero-order valence-corrected chi connectivity index (χ0v) is 11.6. The zero-order chi connectivity index (χ0) is 12.0. The minimum absolute atomic E-state index is 0.0972. The first-order valence-electron chi connectivity index (χ1n) is 5.87. The fraction of sp³-hybridized carbons (Fsp3) is 0.538. The Morgan fingerprint density at radius 1 is 1.31 bits per heavy atom. The summed E-state index contributed by atoms with van der Waals surface area (Å²) in [6.45, 7) is 6.57. The fourth-order valence-corrected chi connectivity index (χ4v) is 2.38. The van der Waals surface area contributed by atoms with Gasteiger partial charge in [-0.1, -0.05) is 19.4 Å². The Kier molecular flexibility index (Phi) is 5.85. The van der Waals surface area contributed by atoms with Crippen LogP contribution in [0.2, 0.25) is 0 Å². The van der Waals surface area contributed by atoms with Crippen LogP contribution in [0, 0.1) is 0 Å². The first-order chi connectivity index (χ1) is 7.72. The molecule has 1 aromatic carbocycles. The van der Waals surface area contributed by atoms with Crippen LogP contribution in [0.4, 0.5) is 5.69 Å². The molecule has 0 amide bonds. The summed E-state index contributed by atoms with van der Waals surface area (Å²) in [5, 5.41) is 9.06. The van der Waals surface area contributed by atoms with Crippen molar-refractivity contribution in [1.29, 1.82) is 0 Å². The highest BCUT2D eigenvalue weighted by Gasteiger charge is 2.08. The summed E-state index contributed by atoms with van der Waals surface area (Å²) < 4.78 is 1.07. The summed E-state index contributed by atoms with van der Waals surface area (Å²) in [6.07, 6.45) is 2.42. The van der Waals surface area contributed by atoms with Crippen LogP contribution in [-0.4, -0.2) is 18.2 Å². The van der Waals surface area contributed by atoms with Crippen LogP contribution < -0.4 is 4.90 Å². The highest BCUT2D eigenvalue weighted by atomic mass is 79.9. The van der Waals surface area contributed by atoms with Crippen molar-refractivity contribution in [3.8, 4) is 0 Å². The van der Waals surface area contributed by atoms with Gasteiger partial charge < -0.3 is 10.0 Å². The lowest BCUT2D eigenvalue weighted by molar-refractivity contribution is 0.282. The average molecular weight is 286 g/mol. The first kappa shape index (κ1) is 13.5. The lowest BCUT2D eigenvalue weighted by Crippen LogP contribution is -2.24. The summed E-state index contributed by atoms with van der Waals surface area (Å²) in [4.78, 5) is 2.36. The number of nitrogens with zero attached hydrogens (tertiary/aromatic N) is 1. The van der Waals surface area contributed by atoms with E-state index in [1.54, 1.807) is 0 Å². The van der Waals surface area contributed by atoms with Gasteiger partial charge in [0.05, 0.1) is 12.3 Å². The van der Waals surface area contributed by atoms with E-state index in [0.29, 0.717) is 0 Å². The van der Waals surface area contributed by atoms with Crippen LogP contribution >= 0.6 is 15.9 Å². The molecule has 1 rings (SSSR count). The summed E-state index contributed by atoms with van der Waals surface area (Å²) in [5.74, 6) is 0. The SMILES string of the molecule is CCCCN(CC)c1ccc(CO)cc1Br. The minimum atomic E-state index is 0.0972. The van der Waals surface area contributed by atoms with E-state index in [2.05, 4.69) is 40.7 Å². The maximum Gasteiger partial charge on any atom is 0.0682 e. The van der Waals surface area contributed by atoms with Crippen molar-refractivity contribution in [2.24, 2.45) is 0 Å². The van der Waals surface area contributed by atoms with Crippen molar-refractivity contribution < 1.29 is 5.11 Å². The van der Waals surface area contributed by atoms with E-state index < -0.39 is 0 Å². The second-order valence-corrected chi connectivity index (χ2v) is 4.73. The highest BCUT2D eigenvalue weighted by molar-refractivity contribution is 9.10. The molecule has 0 radical (unpaired) electrons. The Balaban J connectivity index is 2.83. The summed E-state index contributed by atoms with van der Waals surface area (Å²) >= 11 is 3.57. The Morgan fingerprint density at radius 3 is 2.56 bits per heavy atom. The molecular weight excluding hydrogens is 266 g/mol. The number of hydrogen-bond acceptors (Lipinski definition) is 2. The minimum Gasteiger partial charge on any atom is -0.392 e. The lowest BCUT2D eigenvalue weighted by Gasteiger charge is -2.24. The van der Waals surface area contributed by atoms with Gasteiger partial charge in [0.15, 0.2) is 0 Å². The zero-order valence-electron chi connectivity index (χ0n) is 10.0. The fourth-order valence-electron chi connectivity index (χ4n) is 1.70. The normalized spacial score (nSPS) is 10.5. The topological polar surface area (TPSA) is 23.5 Å². The second kappa shape index (κ2) is 6.92. The van der Waals surface area contributed by atoms with Crippen LogP contribution in [0.15, 0.2) is 22.7 Å². The number of anilines is 1. The molecule has 0 aliphatic rings. The molecule has 0 unspecified atom stereocenters. The van der Waals surface area contributed by atoms with E-state index in [9.17, 15) is 0 Å². The van der Waals surface area contributed by atoms with Gasteiger partial charge in [0, 0.05) is 17.6 Å². The van der Waals surface area contributed by atoms with Gasteiger partial charge in [0.1, 0.15) is 0 Å². The monoisotopic (exact) mass is 285 g/mol. The standard InChI is InChI=1S/C13H20BrNO/c1-3-5-8-15(4-2)13-7-6-11(10-16)9-12(13)14/h6-7,9,16H,3-5,8,10H2,1-2H3. The van der Waals surface area contributed by atoms with Gasteiger partial charge in [-0.2, -0.15) is 0 Å². The third-order valence-electron chi connectivity index (χ3n) is 2.70. The van der Waals surface area contributed by atoms with Gasteiger partial charge in [-0.15, -0.1) is 0 Å². The molecule has 2 nitrogen and oxygen atoms in total. The number of benzene rings is 1. The second-order valence-electron chi connectivity index (χ2n) is 3.88. The summed E-state index contributed by atoms with van der Waals surface area (Å²) in [6, 6.07) is 6.05. The lowest BCUT2D eigenvalue weighted by atomic mass is 10.2. The van der Waals surface area contributed by atoms with Crippen molar-refractivity contribution in [1.82, 2.24) is 0 Å². The smallest absolute Gasteiger partial charge is 0.0682 e. The number of aliphatic hydroxyl groups excluding tert-OH is 1. The Labute approximate surface area is 106 Å². The Morgan fingerprint density at radius 2 is 2.06 bits per heavy atom. The highest BCUT2D eigenvalue weighted by Crippen LogP contribution is 2.27. The van der Waals surface area contributed by atoms with Crippen LogP contribution in [-0.2, 0) is 6.61 Å². The molecular formula is C13H20BrNO. The van der Waals surface area contributed by atoms with Crippen LogP contribution in [0.3, 0.4) is 0 Å². The molecule has 0 bridgehead atoms. The Hall–Kier alpha value is -0.540. The molecule has 3 heteroatoms. The van der Waals surface area contributed by atoms with Gasteiger partial charge in [-0.05, 0) is 47.0 Å².